The molecular formula is C11H20INO2Zn. The molecule has 0 aromatic heterocycles. The molecule has 0 aromatic carbocycles. The van der Waals surface area contributed by atoms with Gasteiger partial charge in [0.25, 0.3) is 0 Å². The van der Waals surface area contributed by atoms with Gasteiger partial charge in [0.05, 0.1) is 0 Å². The molecule has 5 heteroatoms. The van der Waals surface area contributed by atoms with Gasteiger partial charge in [-0.15, -0.1) is 0 Å². The van der Waals surface area contributed by atoms with E-state index in [9.17, 15) is 4.79 Å². The normalized spacial score (nSPS) is 20.9. The number of hydrogen-bond donors (Lipinski definition) is 0. The number of hydrogen-bond acceptors (Lipinski definition) is 2. The Morgan fingerprint density at radius 3 is 2.50 bits per heavy atom. The van der Waals surface area contributed by atoms with Crippen LogP contribution in [0, 0.1) is 12.8 Å². The van der Waals surface area contributed by atoms with Crippen LogP contribution in [0.4, 0.5) is 4.79 Å². The summed E-state index contributed by atoms with van der Waals surface area (Å²) in [6.07, 6.45) is 1.94. The number of likely N-dealkylation sites (tertiary alicyclic amines) is 1. The fraction of sp³-hybridized carbons (Fsp3) is 0.818. The molecule has 1 saturated heterocycles. The summed E-state index contributed by atoms with van der Waals surface area (Å²) in [5.74, 6) is 0.358. The Morgan fingerprint density at radius 2 is 2.06 bits per heavy atom. The van der Waals surface area contributed by atoms with Crippen LogP contribution >= 0.6 is 19.8 Å². The van der Waals surface area contributed by atoms with Crippen molar-refractivity contribution in [2.45, 2.75) is 39.2 Å². The third-order valence-corrected chi connectivity index (χ3v) is 2.17. The summed E-state index contributed by atoms with van der Waals surface area (Å²) in [5.41, 5.74) is -0.398. The molecule has 3 nitrogen and oxygen atoms in total. The van der Waals surface area contributed by atoms with Crippen LogP contribution in [0.5, 0.6) is 0 Å². The fourth-order valence-corrected chi connectivity index (χ4v) is 1.56. The average molecular weight is 391 g/mol. The van der Waals surface area contributed by atoms with Gasteiger partial charge in [-0.1, -0.05) is 6.42 Å². The number of amides is 1. The van der Waals surface area contributed by atoms with E-state index < -0.39 is 5.60 Å². The Balaban J connectivity index is 0.00000106. The van der Waals surface area contributed by atoms with Crippen molar-refractivity contribution < 1.29 is 24.3 Å². The van der Waals surface area contributed by atoms with E-state index in [0.717, 1.165) is 25.9 Å². The van der Waals surface area contributed by atoms with E-state index in [0.29, 0.717) is 5.92 Å². The summed E-state index contributed by atoms with van der Waals surface area (Å²) in [5, 5.41) is 0. The summed E-state index contributed by atoms with van der Waals surface area (Å²) >= 11 is 3.62. The van der Waals surface area contributed by atoms with Gasteiger partial charge in [-0.25, -0.2) is 4.79 Å². The molecule has 1 rings (SSSR count). The van der Waals surface area contributed by atoms with Crippen LogP contribution in [0.1, 0.15) is 33.6 Å². The van der Waals surface area contributed by atoms with E-state index in [1.165, 1.54) is 14.8 Å². The van der Waals surface area contributed by atoms with Gasteiger partial charge in [0.15, 0.2) is 0 Å². The van der Waals surface area contributed by atoms with E-state index in [1.54, 1.807) is 4.90 Å². The number of rotatable bonds is 0. The van der Waals surface area contributed by atoms with Gasteiger partial charge >= 0.3 is 40.6 Å². The number of carbonyl (C=O) groups excluding carboxylic acids is 1. The van der Waals surface area contributed by atoms with Crippen LogP contribution in [-0.4, -0.2) is 29.7 Å². The van der Waals surface area contributed by atoms with Crippen molar-refractivity contribution >= 4 is 25.8 Å². The quantitative estimate of drug-likeness (QED) is 0.361. The second-order valence-electron chi connectivity index (χ2n) is 4.93. The topological polar surface area (TPSA) is 29.5 Å². The molecule has 90 valence electrons. The summed E-state index contributed by atoms with van der Waals surface area (Å²) in [7, 11) is 0. The standard InChI is InChI=1S/C11H20NO2.HI.Zn/c1-9-6-5-7-12(8-9)10(13)14-11(2,3)4;;/h9H,1,5-8H2,2-4H3;1H;/q-1;;+2/p-1/t9-;;/m0../s1. The Bertz CT molecular complexity index is 219. The zero-order chi connectivity index (χ0) is 12.8. The molecule has 1 aliphatic heterocycles. The van der Waals surface area contributed by atoms with Crippen LogP contribution in [0.25, 0.3) is 0 Å². The van der Waals surface area contributed by atoms with Crippen molar-refractivity contribution in [3.8, 4) is 0 Å². The molecule has 1 atom stereocenters. The summed E-state index contributed by atoms with van der Waals surface area (Å²) < 4.78 is 5.28. The molecule has 1 fully saturated rings. The van der Waals surface area contributed by atoms with Gasteiger partial charge in [-0.2, -0.15) is 5.92 Å². The summed E-state index contributed by atoms with van der Waals surface area (Å²) in [6.45, 7) is 11.2. The van der Waals surface area contributed by atoms with Gasteiger partial charge in [0, 0.05) is 6.54 Å². The first-order valence-corrected chi connectivity index (χ1v) is 14.5. The van der Waals surface area contributed by atoms with Crippen LogP contribution in [0.15, 0.2) is 0 Å². The zero-order valence-electron chi connectivity index (χ0n) is 10.5. The van der Waals surface area contributed by atoms with Gasteiger partial charge in [0.1, 0.15) is 5.60 Å². The van der Waals surface area contributed by atoms with Gasteiger partial charge in [0.2, 0.25) is 0 Å². The van der Waals surface area contributed by atoms with E-state index in [4.69, 9.17) is 4.74 Å². The molecule has 0 N–H and O–H groups in total. The predicted octanol–water partition coefficient (Wildman–Crippen LogP) is 3.35. The summed E-state index contributed by atoms with van der Waals surface area (Å²) in [4.78, 5) is 13.4. The number of halogens is 1. The summed E-state index contributed by atoms with van der Waals surface area (Å²) in [6, 6.07) is 0. The Kier molecular flexibility index (Phi) is 8.16. The molecule has 0 unspecified atom stereocenters. The molecule has 16 heavy (non-hydrogen) atoms. The van der Waals surface area contributed by atoms with E-state index in [2.05, 4.69) is 26.7 Å². The Hall–Kier alpha value is 0.623. The fourth-order valence-electron chi connectivity index (χ4n) is 1.56. The van der Waals surface area contributed by atoms with Crippen molar-refractivity contribution in [2.75, 3.05) is 13.1 Å². The Morgan fingerprint density at radius 1 is 1.50 bits per heavy atom. The predicted molar refractivity (Wildman–Crippen MR) is 69.9 cm³/mol. The van der Waals surface area contributed by atoms with Crippen molar-refractivity contribution in [3.63, 3.8) is 0 Å². The number of carbonyl (C=O) groups is 1. The third-order valence-electron chi connectivity index (χ3n) is 2.17. The molecule has 1 amide bonds. The second kappa shape index (κ2) is 7.86. The minimum atomic E-state index is -0.398. The minimum absolute atomic E-state index is 0.203. The maximum absolute atomic E-state index is 11.6. The zero-order valence-corrected chi connectivity index (χ0v) is 15.6. The molecule has 0 bridgehead atoms. The molecule has 1 heterocycles. The Labute approximate surface area is 120 Å². The SMILES string of the molecule is [CH2-][C@H]1CCCN(C(=O)OC(C)(C)C)C1.[Zn+][I]. The number of piperidine rings is 1. The van der Waals surface area contributed by atoms with Gasteiger partial charge < -0.3 is 16.6 Å². The molecule has 0 radical (unpaired) electrons. The first kappa shape index (κ1) is 16.6. The van der Waals surface area contributed by atoms with Crippen LogP contribution < -0.4 is 0 Å². The van der Waals surface area contributed by atoms with E-state index in [-0.39, 0.29) is 6.09 Å². The molecule has 0 saturated carbocycles. The van der Waals surface area contributed by atoms with Gasteiger partial charge in [-0.3, -0.25) is 0 Å². The number of ether oxygens (including phenoxy) is 1. The molecular weight excluding hydrogens is 370 g/mol. The molecule has 0 aromatic rings. The second-order valence-corrected chi connectivity index (χ2v) is 4.93. The first-order valence-electron chi connectivity index (χ1n) is 5.46. The van der Waals surface area contributed by atoms with Crippen molar-refractivity contribution in [3.05, 3.63) is 6.92 Å². The maximum atomic E-state index is 11.6. The van der Waals surface area contributed by atoms with Crippen LogP contribution in [0.2, 0.25) is 0 Å². The van der Waals surface area contributed by atoms with E-state index in [1.807, 2.05) is 20.8 Å². The molecule has 1 aliphatic rings. The first-order chi connectivity index (χ1) is 7.38. The van der Waals surface area contributed by atoms with Crippen molar-refractivity contribution in [2.24, 2.45) is 5.92 Å². The monoisotopic (exact) mass is 389 g/mol. The van der Waals surface area contributed by atoms with E-state index >= 15 is 0 Å². The van der Waals surface area contributed by atoms with Gasteiger partial charge in [-0.05, 0) is 33.7 Å². The van der Waals surface area contributed by atoms with Crippen LogP contribution in [-0.2, 0) is 19.5 Å². The average Bonchev–Trinajstić information content (AvgIpc) is 2.18. The third kappa shape index (κ3) is 7.05. The number of nitrogens with zero attached hydrogens (tertiary/aromatic N) is 1. The van der Waals surface area contributed by atoms with Crippen LogP contribution in [0.3, 0.4) is 0 Å². The molecule has 0 spiro atoms. The van der Waals surface area contributed by atoms with Crippen molar-refractivity contribution in [1.29, 1.82) is 0 Å². The molecule has 0 aliphatic carbocycles. The van der Waals surface area contributed by atoms with Crippen molar-refractivity contribution in [1.82, 2.24) is 4.90 Å².